The third kappa shape index (κ3) is 5.75. The minimum atomic E-state index is -0.111. The molecule has 0 atom stereocenters. The molecule has 1 amide bonds. The zero-order valence-corrected chi connectivity index (χ0v) is 19.2. The minimum Gasteiger partial charge on any atom is -0.441 e. The highest BCUT2D eigenvalue weighted by Crippen LogP contribution is 2.28. The molecule has 0 saturated carbocycles. The molecule has 32 heavy (non-hydrogen) atoms. The van der Waals surface area contributed by atoms with E-state index in [1.54, 1.807) is 12.3 Å². The highest BCUT2D eigenvalue weighted by molar-refractivity contribution is 7.99. The third-order valence-electron chi connectivity index (χ3n) is 4.57. The summed E-state index contributed by atoms with van der Waals surface area (Å²) in [6.45, 7) is 3.90. The van der Waals surface area contributed by atoms with Gasteiger partial charge in [-0.1, -0.05) is 23.7 Å². The van der Waals surface area contributed by atoms with E-state index in [0.29, 0.717) is 28.3 Å². The molecule has 0 spiro atoms. The van der Waals surface area contributed by atoms with Gasteiger partial charge in [0.05, 0.1) is 11.2 Å². The van der Waals surface area contributed by atoms with E-state index in [4.69, 9.17) is 16.0 Å². The van der Waals surface area contributed by atoms with Gasteiger partial charge in [0, 0.05) is 40.4 Å². The number of anilines is 1. The van der Waals surface area contributed by atoms with E-state index in [1.807, 2.05) is 62.4 Å². The maximum Gasteiger partial charge on any atom is 0.224 e. The maximum absolute atomic E-state index is 12.3. The zero-order valence-electron chi connectivity index (χ0n) is 17.6. The van der Waals surface area contributed by atoms with Crippen molar-refractivity contribution in [3.8, 4) is 11.3 Å². The molecule has 1 N–H and O–H groups in total. The molecule has 0 radical (unpaired) electrons. The van der Waals surface area contributed by atoms with Crippen molar-refractivity contribution in [2.75, 3.05) is 5.32 Å². The summed E-state index contributed by atoms with van der Waals surface area (Å²) >= 11 is 7.68. The number of aryl methyl sites for hydroxylation is 3. The molecule has 4 rings (SSSR count). The lowest BCUT2D eigenvalue weighted by Crippen LogP contribution is -2.12. The van der Waals surface area contributed by atoms with Crippen LogP contribution in [0.15, 0.2) is 75.3 Å². The zero-order chi connectivity index (χ0) is 22.5. The molecule has 2 aromatic heterocycles. The molecular formula is C24H21ClN4O2S. The van der Waals surface area contributed by atoms with Crippen LogP contribution in [0.3, 0.4) is 0 Å². The average molecular weight is 465 g/mol. The molecular weight excluding hydrogens is 444 g/mol. The molecule has 0 unspecified atom stereocenters. The number of benzene rings is 2. The molecule has 0 aliphatic heterocycles. The fourth-order valence-electron chi connectivity index (χ4n) is 3.11. The summed E-state index contributed by atoms with van der Waals surface area (Å²) in [6, 6.07) is 17.0. The van der Waals surface area contributed by atoms with Gasteiger partial charge in [0.15, 0.2) is 16.8 Å². The molecule has 162 valence electrons. The number of nitrogens with zero attached hydrogens (tertiary/aromatic N) is 3. The highest BCUT2D eigenvalue weighted by Gasteiger charge is 2.11. The van der Waals surface area contributed by atoms with E-state index in [9.17, 15) is 4.79 Å². The monoisotopic (exact) mass is 464 g/mol. The van der Waals surface area contributed by atoms with E-state index in [-0.39, 0.29) is 12.3 Å². The normalized spacial score (nSPS) is 10.8. The third-order valence-corrected chi connectivity index (χ3v) is 5.77. The second-order valence-corrected chi connectivity index (χ2v) is 8.65. The topological polar surface area (TPSA) is 80.9 Å². The van der Waals surface area contributed by atoms with Crippen molar-refractivity contribution in [3.05, 3.63) is 83.1 Å². The molecule has 6 nitrogen and oxygen atoms in total. The number of aromatic nitrogens is 3. The van der Waals surface area contributed by atoms with Gasteiger partial charge in [-0.05, 0) is 68.1 Å². The Labute approximate surface area is 195 Å². The summed E-state index contributed by atoms with van der Waals surface area (Å²) in [7, 11) is 0. The lowest BCUT2D eigenvalue weighted by Gasteiger charge is -2.06. The number of nitrogens with one attached hydrogen (secondary N) is 1. The van der Waals surface area contributed by atoms with Gasteiger partial charge in [-0.15, -0.1) is 0 Å². The van der Waals surface area contributed by atoms with Crippen LogP contribution in [0.5, 0.6) is 0 Å². The smallest absolute Gasteiger partial charge is 0.224 e. The van der Waals surface area contributed by atoms with Crippen LogP contribution in [0.2, 0.25) is 5.02 Å². The van der Waals surface area contributed by atoms with Gasteiger partial charge in [0.2, 0.25) is 5.91 Å². The van der Waals surface area contributed by atoms with Crippen LogP contribution >= 0.6 is 23.4 Å². The lowest BCUT2D eigenvalue weighted by molar-refractivity contribution is -0.116. The lowest BCUT2D eigenvalue weighted by atomic mass is 10.2. The molecule has 0 aliphatic rings. The van der Waals surface area contributed by atoms with E-state index in [0.717, 1.165) is 27.5 Å². The van der Waals surface area contributed by atoms with Crippen LogP contribution in [0.25, 0.3) is 11.3 Å². The minimum absolute atomic E-state index is 0.111. The Morgan fingerprint density at radius 1 is 1.06 bits per heavy atom. The average Bonchev–Trinajstić information content (AvgIpc) is 3.22. The van der Waals surface area contributed by atoms with Crippen molar-refractivity contribution in [2.45, 2.75) is 36.7 Å². The van der Waals surface area contributed by atoms with Gasteiger partial charge in [-0.25, -0.2) is 15.0 Å². The quantitative estimate of drug-likeness (QED) is 0.331. The summed E-state index contributed by atoms with van der Waals surface area (Å²) < 4.78 is 5.75. The summed E-state index contributed by atoms with van der Waals surface area (Å²) in [4.78, 5) is 26.5. The standard InChI is InChI=1S/C24H21ClN4O2S/c1-15-13-16(2)28-24(27-15)32-18-9-7-17(8-10-18)29-22(30)11-12-23-26-14-21(31-23)19-5-3-4-6-20(19)25/h3-10,13-14H,11-12H2,1-2H3,(H,29,30). The SMILES string of the molecule is Cc1cc(C)nc(Sc2ccc(NC(=O)CCc3ncc(-c4ccccc4Cl)o3)cc2)n1. The Kier molecular flexibility index (Phi) is 6.87. The largest absolute Gasteiger partial charge is 0.441 e. The Hall–Kier alpha value is -3.16. The number of oxazole rings is 1. The molecule has 2 heterocycles. The van der Waals surface area contributed by atoms with Crippen molar-refractivity contribution in [1.82, 2.24) is 15.0 Å². The van der Waals surface area contributed by atoms with Gasteiger partial charge in [-0.3, -0.25) is 4.79 Å². The van der Waals surface area contributed by atoms with Crippen LogP contribution < -0.4 is 5.32 Å². The van der Waals surface area contributed by atoms with Crippen LogP contribution in [-0.2, 0) is 11.2 Å². The van der Waals surface area contributed by atoms with Gasteiger partial charge < -0.3 is 9.73 Å². The Morgan fingerprint density at radius 2 is 1.78 bits per heavy atom. The van der Waals surface area contributed by atoms with Crippen LogP contribution in [0, 0.1) is 13.8 Å². The second kappa shape index (κ2) is 9.97. The maximum atomic E-state index is 12.3. The first-order chi connectivity index (χ1) is 15.5. The van der Waals surface area contributed by atoms with E-state index >= 15 is 0 Å². The Balaban J connectivity index is 1.30. The Bertz CT molecular complexity index is 1220. The van der Waals surface area contributed by atoms with E-state index in [1.165, 1.54) is 11.8 Å². The number of carbonyl (C=O) groups is 1. The molecule has 0 aliphatic carbocycles. The molecule has 0 fully saturated rings. The van der Waals surface area contributed by atoms with E-state index in [2.05, 4.69) is 20.3 Å². The highest BCUT2D eigenvalue weighted by atomic mass is 35.5. The van der Waals surface area contributed by atoms with Gasteiger partial charge in [-0.2, -0.15) is 0 Å². The first-order valence-corrected chi connectivity index (χ1v) is 11.3. The van der Waals surface area contributed by atoms with Crippen molar-refractivity contribution >= 4 is 35.0 Å². The molecule has 0 bridgehead atoms. The molecule has 8 heteroatoms. The predicted molar refractivity (Wildman–Crippen MR) is 126 cm³/mol. The van der Waals surface area contributed by atoms with Gasteiger partial charge in [0.1, 0.15) is 0 Å². The number of hydrogen-bond donors (Lipinski definition) is 1. The first-order valence-electron chi connectivity index (χ1n) is 10.1. The van der Waals surface area contributed by atoms with Crippen molar-refractivity contribution in [3.63, 3.8) is 0 Å². The number of amides is 1. The number of hydrogen-bond acceptors (Lipinski definition) is 6. The molecule has 0 saturated heterocycles. The number of rotatable bonds is 7. The van der Waals surface area contributed by atoms with Crippen LogP contribution in [-0.4, -0.2) is 20.9 Å². The first kappa shape index (κ1) is 22.0. The summed E-state index contributed by atoms with van der Waals surface area (Å²) in [6.07, 6.45) is 2.29. The fraction of sp³-hybridized carbons (Fsp3) is 0.167. The van der Waals surface area contributed by atoms with Crippen LogP contribution in [0.4, 0.5) is 5.69 Å². The summed E-state index contributed by atoms with van der Waals surface area (Å²) in [5.41, 5.74) is 3.38. The molecule has 2 aromatic carbocycles. The second-order valence-electron chi connectivity index (χ2n) is 7.21. The van der Waals surface area contributed by atoms with Crippen molar-refractivity contribution in [1.29, 1.82) is 0 Å². The van der Waals surface area contributed by atoms with Crippen molar-refractivity contribution in [2.24, 2.45) is 0 Å². The van der Waals surface area contributed by atoms with Crippen LogP contribution in [0.1, 0.15) is 23.7 Å². The summed E-state index contributed by atoms with van der Waals surface area (Å²) in [5, 5.41) is 4.20. The van der Waals surface area contributed by atoms with Crippen molar-refractivity contribution < 1.29 is 9.21 Å². The summed E-state index contributed by atoms with van der Waals surface area (Å²) in [5.74, 6) is 0.975. The van der Waals surface area contributed by atoms with Gasteiger partial charge >= 0.3 is 0 Å². The number of carbonyl (C=O) groups excluding carboxylic acids is 1. The molecule has 4 aromatic rings. The predicted octanol–water partition coefficient (Wildman–Crippen LogP) is 6.12. The van der Waals surface area contributed by atoms with Gasteiger partial charge in [0.25, 0.3) is 0 Å². The number of halogens is 1. The van der Waals surface area contributed by atoms with E-state index < -0.39 is 0 Å². The fourth-order valence-corrected chi connectivity index (χ4v) is 4.20. The Morgan fingerprint density at radius 3 is 2.50 bits per heavy atom.